The number of nitrogens with one attached hydrogen (secondary N) is 1. The van der Waals surface area contributed by atoms with Crippen molar-refractivity contribution >= 4 is 11.6 Å². The maximum absolute atomic E-state index is 13.9. The summed E-state index contributed by atoms with van der Waals surface area (Å²) in [6.45, 7) is 1.98. The van der Waals surface area contributed by atoms with E-state index >= 15 is 0 Å². The zero-order valence-corrected chi connectivity index (χ0v) is 11.8. The van der Waals surface area contributed by atoms with Gasteiger partial charge < -0.3 is 9.72 Å². The molecule has 0 aliphatic carbocycles. The van der Waals surface area contributed by atoms with E-state index in [4.69, 9.17) is 16.3 Å². The Morgan fingerprint density at radius 2 is 2.05 bits per heavy atom. The molecule has 0 bridgehead atoms. The van der Waals surface area contributed by atoms with Crippen LogP contribution >= 0.6 is 11.6 Å². The third-order valence-electron chi connectivity index (χ3n) is 2.62. The predicted molar refractivity (Wildman–Crippen MR) is 70.6 cm³/mol. The maximum atomic E-state index is 13.9. The van der Waals surface area contributed by atoms with Crippen molar-refractivity contribution < 1.29 is 17.9 Å². The molecule has 8 heteroatoms. The Morgan fingerprint density at radius 1 is 1.38 bits per heavy atom. The van der Waals surface area contributed by atoms with Crippen molar-refractivity contribution in [2.24, 2.45) is 0 Å². The molecule has 1 heterocycles. The minimum Gasteiger partial charge on any atom is -0.446 e. The molecule has 0 saturated heterocycles. The number of ether oxygens (including phenoxy) is 1. The number of nitrogens with zero attached hydrogens (tertiary/aromatic N) is 1. The van der Waals surface area contributed by atoms with Crippen LogP contribution in [-0.4, -0.2) is 9.97 Å². The standard InChI is InChI=1S/C13H10ClF3N2O2/c1-6-3-7(14)4-8(9(6)15)21-10-11(13(2,16)17)18-5-19-12(10)20/h3-5H,1-2H3,(H,18,19,20). The fourth-order valence-corrected chi connectivity index (χ4v) is 1.94. The number of hydrogen-bond acceptors (Lipinski definition) is 3. The molecule has 0 amide bonds. The molecule has 1 aromatic carbocycles. The van der Waals surface area contributed by atoms with Crippen molar-refractivity contribution in [2.45, 2.75) is 19.8 Å². The van der Waals surface area contributed by atoms with Crippen LogP contribution < -0.4 is 10.3 Å². The number of alkyl halides is 2. The number of aromatic amines is 1. The summed E-state index contributed by atoms with van der Waals surface area (Å²) in [6, 6.07) is 2.43. The fourth-order valence-electron chi connectivity index (χ4n) is 1.67. The van der Waals surface area contributed by atoms with Gasteiger partial charge in [-0.2, -0.15) is 8.78 Å². The van der Waals surface area contributed by atoms with Crippen molar-refractivity contribution in [1.82, 2.24) is 9.97 Å². The molecular weight excluding hydrogens is 309 g/mol. The van der Waals surface area contributed by atoms with Crippen LogP contribution in [0.3, 0.4) is 0 Å². The Balaban J connectivity index is 2.58. The first kappa shape index (κ1) is 15.4. The molecule has 1 N–H and O–H groups in total. The van der Waals surface area contributed by atoms with Crippen molar-refractivity contribution in [2.75, 3.05) is 0 Å². The molecule has 0 saturated carbocycles. The van der Waals surface area contributed by atoms with Gasteiger partial charge in [-0.25, -0.2) is 9.37 Å². The number of rotatable bonds is 3. The predicted octanol–water partition coefficient (Wildman–Crippen LogP) is 3.77. The molecule has 0 atom stereocenters. The molecule has 21 heavy (non-hydrogen) atoms. The van der Waals surface area contributed by atoms with Crippen LogP contribution in [0.4, 0.5) is 13.2 Å². The summed E-state index contributed by atoms with van der Waals surface area (Å²) in [7, 11) is 0. The van der Waals surface area contributed by atoms with Gasteiger partial charge in [-0.05, 0) is 18.6 Å². The summed E-state index contributed by atoms with van der Waals surface area (Å²) in [4.78, 5) is 17.2. The van der Waals surface area contributed by atoms with Gasteiger partial charge in [-0.15, -0.1) is 0 Å². The Morgan fingerprint density at radius 3 is 2.67 bits per heavy atom. The van der Waals surface area contributed by atoms with Crippen LogP contribution in [0.2, 0.25) is 5.02 Å². The molecule has 0 radical (unpaired) electrons. The van der Waals surface area contributed by atoms with Crippen LogP contribution in [0.5, 0.6) is 11.5 Å². The van der Waals surface area contributed by atoms with Gasteiger partial charge in [0, 0.05) is 18.0 Å². The number of aryl methyl sites for hydroxylation is 1. The molecule has 0 aliphatic heterocycles. The van der Waals surface area contributed by atoms with Crippen LogP contribution in [0.1, 0.15) is 18.2 Å². The van der Waals surface area contributed by atoms with Crippen LogP contribution in [0.15, 0.2) is 23.3 Å². The zero-order chi connectivity index (χ0) is 15.8. The maximum Gasteiger partial charge on any atom is 0.294 e. The van der Waals surface area contributed by atoms with Gasteiger partial charge in [0.1, 0.15) is 0 Å². The second-order valence-corrected chi connectivity index (χ2v) is 4.87. The summed E-state index contributed by atoms with van der Waals surface area (Å²) in [5.74, 6) is -5.42. The largest absolute Gasteiger partial charge is 0.446 e. The van der Waals surface area contributed by atoms with E-state index in [1.165, 1.54) is 13.0 Å². The van der Waals surface area contributed by atoms with E-state index in [9.17, 15) is 18.0 Å². The van der Waals surface area contributed by atoms with E-state index < -0.39 is 34.5 Å². The smallest absolute Gasteiger partial charge is 0.294 e. The Kier molecular flexibility index (Phi) is 3.95. The van der Waals surface area contributed by atoms with Gasteiger partial charge >= 0.3 is 0 Å². The van der Waals surface area contributed by atoms with Crippen LogP contribution in [-0.2, 0) is 5.92 Å². The lowest BCUT2D eigenvalue weighted by Gasteiger charge is -2.14. The summed E-state index contributed by atoms with van der Waals surface area (Å²) in [5.41, 5.74) is -1.68. The van der Waals surface area contributed by atoms with Crippen LogP contribution in [0, 0.1) is 12.7 Å². The Bertz CT molecular complexity index is 741. The molecule has 112 valence electrons. The number of aromatic nitrogens is 2. The van der Waals surface area contributed by atoms with Crippen molar-refractivity contribution in [1.29, 1.82) is 0 Å². The minimum absolute atomic E-state index is 0.147. The monoisotopic (exact) mass is 318 g/mol. The summed E-state index contributed by atoms with van der Waals surface area (Å²) >= 11 is 5.76. The molecule has 2 rings (SSSR count). The zero-order valence-electron chi connectivity index (χ0n) is 11.0. The number of H-pyrrole nitrogens is 1. The molecule has 4 nitrogen and oxygen atoms in total. The molecule has 0 fully saturated rings. The average molecular weight is 319 g/mol. The van der Waals surface area contributed by atoms with Gasteiger partial charge in [0.25, 0.3) is 11.5 Å². The van der Waals surface area contributed by atoms with Gasteiger partial charge in [-0.1, -0.05) is 11.6 Å². The highest BCUT2D eigenvalue weighted by Gasteiger charge is 2.33. The Hall–Kier alpha value is -2.02. The van der Waals surface area contributed by atoms with Gasteiger partial charge in [0.15, 0.2) is 17.3 Å². The van der Waals surface area contributed by atoms with Crippen molar-refractivity contribution in [3.05, 3.63) is 50.9 Å². The highest BCUT2D eigenvalue weighted by atomic mass is 35.5. The first-order chi connectivity index (χ1) is 9.70. The molecule has 1 aromatic heterocycles. The number of hydrogen-bond donors (Lipinski definition) is 1. The summed E-state index contributed by atoms with van der Waals surface area (Å²) in [6.07, 6.45) is 0.821. The topological polar surface area (TPSA) is 55.0 Å². The highest BCUT2D eigenvalue weighted by Crippen LogP contribution is 2.34. The third-order valence-corrected chi connectivity index (χ3v) is 2.84. The van der Waals surface area contributed by atoms with E-state index in [0.29, 0.717) is 6.92 Å². The second kappa shape index (κ2) is 5.40. The van der Waals surface area contributed by atoms with Crippen molar-refractivity contribution in [3.63, 3.8) is 0 Å². The van der Waals surface area contributed by atoms with Crippen molar-refractivity contribution in [3.8, 4) is 11.5 Å². The molecule has 0 unspecified atom stereocenters. The summed E-state index contributed by atoms with van der Waals surface area (Å²) in [5, 5.41) is 0.147. The normalized spacial score (nSPS) is 11.5. The van der Waals surface area contributed by atoms with E-state index in [0.717, 1.165) is 12.4 Å². The van der Waals surface area contributed by atoms with E-state index in [-0.39, 0.29) is 10.6 Å². The number of halogens is 4. The SMILES string of the molecule is Cc1cc(Cl)cc(Oc2c(C(C)(F)F)nc[nH]c2=O)c1F. The molecule has 2 aromatic rings. The first-order valence-electron chi connectivity index (χ1n) is 5.79. The average Bonchev–Trinajstić information content (AvgIpc) is 2.36. The lowest BCUT2D eigenvalue weighted by atomic mass is 10.2. The fraction of sp³-hybridized carbons (Fsp3) is 0.231. The number of benzene rings is 1. The van der Waals surface area contributed by atoms with E-state index in [1.54, 1.807) is 0 Å². The lowest BCUT2D eigenvalue weighted by molar-refractivity contribution is 0.0102. The van der Waals surface area contributed by atoms with E-state index in [2.05, 4.69) is 9.97 Å². The summed E-state index contributed by atoms with van der Waals surface area (Å²) < 4.78 is 45.8. The first-order valence-corrected chi connectivity index (χ1v) is 6.17. The third kappa shape index (κ3) is 3.18. The lowest BCUT2D eigenvalue weighted by Crippen LogP contribution is -2.20. The molecule has 0 spiro atoms. The van der Waals surface area contributed by atoms with E-state index in [1.807, 2.05) is 0 Å². The van der Waals surface area contributed by atoms with Crippen LogP contribution in [0.25, 0.3) is 0 Å². The molecule has 0 aliphatic rings. The molecular formula is C13H10ClF3N2O2. The quantitative estimate of drug-likeness (QED) is 0.937. The van der Waals surface area contributed by atoms with Gasteiger partial charge in [0.05, 0.1) is 6.33 Å². The minimum atomic E-state index is -3.42. The van der Waals surface area contributed by atoms with Gasteiger partial charge in [0.2, 0.25) is 5.75 Å². The Labute approximate surface area is 122 Å². The second-order valence-electron chi connectivity index (χ2n) is 4.43. The highest BCUT2D eigenvalue weighted by molar-refractivity contribution is 6.30. The van der Waals surface area contributed by atoms with Gasteiger partial charge in [-0.3, -0.25) is 4.79 Å².